The predicted molar refractivity (Wildman–Crippen MR) is 72.1 cm³/mol. The fourth-order valence-electron chi connectivity index (χ4n) is 2.21. The lowest BCUT2D eigenvalue weighted by Gasteiger charge is -2.40. The Balaban J connectivity index is 2.36. The zero-order chi connectivity index (χ0) is 13.8. The SMILES string of the molecule is CCCN(c1ccc([N+](=O)[O-])cc1C#N)C1CNC1. The lowest BCUT2D eigenvalue weighted by Crippen LogP contribution is -2.57. The second-order valence-corrected chi connectivity index (χ2v) is 4.58. The van der Waals surface area contributed by atoms with Crippen molar-refractivity contribution in [1.29, 1.82) is 5.26 Å². The zero-order valence-corrected chi connectivity index (χ0v) is 10.8. The second kappa shape index (κ2) is 5.67. The van der Waals surface area contributed by atoms with E-state index in [9.17, 15) is 15.4 Å². The molecule has 6 heteroatoms. The maximum atomic E-state index is 10.7. The molecule has 0 saturated carbocycles. The van der Waals surface area contributed by atoms with Crippen LogP contribution in [0.15, 0.2) is 18.2 Å². The van der Waals surface area contributed by atoms with Gasteiger partial charge in [0.15, 0.2) is 0 Å². The topological polar surface area (TPSA) is 82.2 Å². The van der Waals surface area contributed by atoms with Crippen LogP contribution in [0.1, 0.15) is 18.9 Å². The van der Waals surface area contributed by atoms with E-state index in [1.165, 1.54) is 12.1 Å². The average molecular weight is 260 g/mol. The van der Waals surface area contributed by atoms with E-state index < -0.39 is 4.92 Å². The van der Waals surface area contributed by atoms with Gasteiger partial charge >= 0.3 is 0 Å². The molecule has 1 aromatic rings. The van der Waals surface area contributed by atoms with E-state index in [1.54, 1.807) is 6.07 Å². The molecule has 0 radical (unpaired) electrons. The number of non-ortho nitro benzene ring substituents is 1. The quantitative estimate of drug-likeness (QED) is 0.643. The van der Waals surface area contributed by atoms with Crippen LogP contribution in [0.5, 0.6) is 0 Å². The Morgan fingerprint density at radius 1 is 1.58 bits per heavy atom. The number of benzene rings is 1. The summed E-state index contributed by atoms with van der Waals surface area (Å²) >= 11 is 0. The molecule has 0 atom stereocenters. The minimum absolute atomic E-state index is 0.0384. The third kappa shape index (κ3) is 2.66. The van der Waals surface area contributed by atoms with Crippen LogP contribution in [0.4, 0.5) is 11.4 Å². The number of nitro groups is 1. The summed E-state index contributed by atoms with van der Waals surface area (Å²) in [6.45, 7) is 4.71. The van der Waals surface area contributed by atoms with Crippen LogP contribution in [0.25, 0.3) is 0 Å². The highest BCUT2D eigenvalue weighted by Gasteiger charge is 2.26. The highest BCUT2D eigenvalue weighted by Crippen LogP contribution is 2.27. The largest absolute Gasteiger partial charge is 0.365 e. The van der Waals surface area contributed by atoms with Crippen molar-refractivity contribution in [2.24, 2.45) is 0 Å². The normalized spacial score (nSPS) is 14.5. The fourth-order valence-corrected chi connectivity index (χ4v) is 2.21. The lowest BCUT2D eigenvalue weighted by atomic mass is 10.1. The van der Waals surface area contributed by atoms with Crippen LogP contribution < -0.4 is 10.2 Å². The predicted octanol–water partition coefficient (Wildman–Crippen LogP) is 1.65. The molecule has 0 bridgehead atoms. The van der Waals surface area contributed by atoms with Gasteiger partial charge in [-0.15, -0.1) is 0 Å². The van der Waals surface area contributed by atoms with Crippen molar-refractivity contribution in [3.05, 3.63) is 33.9 Å². The van der Waals surface area contributed by atoms with Crippen molar-refractivity contribution < 1.29 is 4.92 Å². The molecule has 6 nitrogen and oxygen atoms in total. The number of nitrogens with one attached hydrogen (secondary N) is 1. The number of nitrogens with zero attached hydrogens (tertiary/aromatic N) is 3. The Hall–Kier alpha value is -2.13. The Bertz CT molecular complexity index is 520. The maximum Gasteiger partial charge on any atom is 0.270 e. The number of hydrogen-bond acceptors (Lipinski definition) is 5. The summed E-state index contributed by atoms with van der Waals surface area (Å²) in [6.07, 6.45) is 0.971. The van der Waals surface area contributed by atoms with Crippen molar-refractivity contribution >= 4 is 11.4 Å². The van der Waals surface area contributed by atoms with Gasteiger partial charge in [0.1, 0.15) is 6.07 Å². The molecule has 2 rings (SSSR count). The van der Waals surface area contributed by atoms with Gasteiger partial charge in [-0.25, -0.2) is 0 Å². The smallest absolute Gasteiger partial charge is 0.270 e. The summed E-state index contributed by atoms with van der Waals surface area (Å²) in [5.41, 5.74) is 1.12. The third-order valence-corrected chi connectivity index (χ3v) is 3.29. The molecule has 0 aromatic heterocycles. The molecule has 19 heavy (non-hydrogen) atoms. The molecule has 1 N–H and O–H groups in total. The summed E-state index contributed by atoms with van der Waals surface area (Å²) in [6, 6.07) is 6.93. The van der Waals surface area contributed by atoms with E-state index in [-0.39, 0.29) is 5.69 Å². The molecule has 0 spiro atoms. The Morgan fingerprint density at radius 3 is 2.79 bits per heavy atom. The summed E-state index contributed by atoms with van der Waals surface area (Å²) in [5, 5.41) is 23.2. The van der Waals surface area contributed by atoms with Gasteiger partial charge in [-0.1, -0.05) is 6.92 Å². The van der Waals surface area contributed by atoms with Crippen LogP contribution >= 0.6 is 0 Å². The van der Waals surface area contributed by atoms with Crippen LogP contribution in [0, 0.1) is 21.4 Å². The molecular formula is C13H16N4O2. The van der Waals surface area contributed by atoms with Crippen molar-refractivity contribution in [3.63, 3.8) is 0 Å². The Kier molecular flexibility index (Phi) is 3.97. The van der Waals surface area contributed by atoms with Gasteiger partial charge < -0.3 is 10.2 Å². The van der Waals surface area contributed by atoms with Crippen molar-refractivity contribution in [3.8, 4) is 6.07 Å². The highest BCUT2D eigenvalue weighted by atomic mass is 16.6. The first-order valence-corrected chi connectivity index (χ1v) is 6.33. The summed E-state index contributed by atoms with van der Waals surface area (Å²) in [5.74, 6) is 0. The van der Waals surface area contributed by atoms with Gasteiger partial charge in [-0.05, 0) is 12.5 Å². The molecule has 1 heterocycles. The number of nitro benzene ring substituents is 1. The van der Waals surface area contributed by atoms with Gasteiger partial charge in [-0.3, -0.25) is 10.1 Å². The summed E-state index contributed by atoms with van der Waals surface area (Å²) in [7, 11) is 0. The standard InChI is InChI=1S/C13H16N4O2/c1-2-5-16(12-8-15-9-12)13-4-3-11(17(18)19)6-10(13)7-14/h3-4,6,12,15H,2,5,8-9H2,1H3. The van der Waals surface area contributed by atoms with E-state index in [4.69, 9.17) is 0 Å². The van der Waals surface area contributed by atoms with E-state index >= 15 is 0 Å². The number of anilines is 1. The van der Waals surface area contributed by atoms with E-state index in [0.717, 1.165) is 31.7 Å². The van der Waals surface area contributed by atoms with Crippen molar-refractivity contribution in [2.45, 2.75) is 19.4 Å². The number of rotatable bonds is 5. The molecular weight excluding hydrogens is 244 g/mol. The van der Waals surface area contributed by atoms with Gasteiger partial charge in [-0.2, -0.15) is 5.26 Å². The van der Waals surface area contributed by atoms with Crippen molar-refractivity contribution in [1.82, 2.24) is 5.32 Å². The molecule has 100 valence electrons. The minimum atomic E-state index is -0.473. The molecule has 1 aliphatic heterocycles. The monoisotopic (exact) mass is 260 g/mol. The van der Waals surface area contributed by atoms with Gasteiger partial charge in [0.25, 0.3) is 5.69 Å². The number of hydrogen-bond donors (Lipinski definition) is 1. The first-order valence-electron chi connectivity index (χ1n) is 6.33. The van der Waals surface area contributed by atoms with Gasteiger partial charge in [0.2, 0.25) is 0 Å². The molecule has 0 amide bonds. The highest BCUT2D eigenvalue weighted by molar-refractivity contribution is 5.63. The van der Waals surface area contributed by atoms with E-state index in [2.05, 4.69) is 23.2 Å². The first-order chi connectivity index (χ1) is 9.17. The lowest BCUT2D eigenvalue weighted by molar-refractivity contribution is -0.384. The summed E-state index contributed by atoms with van der Waals surface area (Å²) < 4.78 is 0. The maximum absolute atomic E-state index is 10.7. The van der Waals surface area contributed by atoms with Crippen LogP contribution in [-0.4, -0.2) is 30.6 Å². The van der Waals surface area contributed by atoms with Crippen LogP contribution in [-0.2, 0) is 0 Å². The molecule has 0 aliphatic carbocycles. The Labute approximate surface area is 111 Å². The Morgan fingerprint density at radius 2 is 2.32 bits per heavy atom. The van der Waals surface area contributed by atoms with Crippen LogP contribution in [0.2, 0.25) is 0 Å². The average Bonchev–Trinajstić information content (AvgIpc) is 2.35. The van der Waals surface area contributed by atoms with Crippen LogP contribution in [0.3, 0.4) is 0 Å². The molecule has 1 fully saturated rings. The van der Waals surface area contributed by atoms with Crippen molar-refractivity contribution in [2.75, 3.05) is 24.5 Å². The third-order valence-electron chi connectivity index (χ3n) is 3.29. The second-order valence-electron chi connectivity index (χ2n) is 4.58. The first kappa shape index (κ1) is 13.3. The van der Waals surface area contributed by atoms with E-state index in [0.29, 0.717) is 11.6 Å². The molecule has 0 unspecified atom stereocenters. The fraction of sp³-hybridized carbons (Fsp3) is 0.462. The zero-order valence-electron chi connectivity index (χ0n) is 10.8. The van der Waals surface area contributed by atoms with E-state index in [1.807, 2.05) is 0 Å². The molecule has 1 aliphatic rings. The van der Waals surface area contributed by atoms with Gasteiger partial charge in [0.05, 0.1) is 22.2 Å². The minimum Gasteiger partial charge on any atom is -0.365 e. The molecule has 1 saturated heterocycles. The number of nitriles is 1. The summed E-state index contributed by atoms with van der Waals surface area (Å²) in [4.78, 5) is 12.4. The molecule has 1 aromatic carbocycles. The van der Waals surface area contributed by atoms with Gasteiger partial charge in [0, 0.05) is 31.8 Å².